The Morgan fingerprint density at radius 1 is 1.28 bits per heavy atom. The molecule has 140 valence electrons. The molecular formula is C17H27N3O5. The van der Waals surface area contributed by atoms with Crippen molar-refractivity contribution in [3.05, 3.63) is 0 Å². The van der Waals surface area contributed by atoms with Crippen molar-refractivity contribution < 1.29 is 23.9 Å². The Kier molecular flexibility index (Phi) is 6.02. The van der Waals surface area contributed by atoms with Crippen molar-refractivity contribution in [2.75, 3.05) is 13.7 Å². The molecule has 8 nitrogen and oxygen atoms in total. The summed E-state index contributed by atoms with van der Waals surface area (Å²) in [5.41, 5.74) is -0.667. The zero-order valence-corrected chi connectivity index (χ0v) is 15.3. The number of methoxy groups -OCH3 is 1. The third kappa shape index (κ3) is 4.93. The number of nitrogens with zero attached hydrogens (tertiary/aromatic N) is 2. The van der Waals surface area contributed by atoms with Gasteiger partial charge in [-0.3, -0.25) is 9.79 Å². The Hall–Kier alpha value is -2.12. The molecule has 3 atom stereocenters. The molecule has 1 fully saturated rings. The quantitative estimate of drug-likeness (QED) is 0.754. The highest BCUT2D eigenvalue weighted by Crippen LogP contribution is 2.29. The number of ether oxygens (including phenoxy) is 2. The molecule has 2 rings (SSSR count). The Balaban J connectivity index is 2.19. The smallest absolute Gasteiger partial charge is 0.408 e. The van der Waals surface area contributed by atoms with Gasteiger partial charge in [0.2, 0.25) is 5.91 Å². The van der Waals surface area contributed by atoms with Crippen molar-refractivity contribution >= 4 is 24.2 Å². The van der Waals surface area contributed by atoms with Crippen molar-refractivity contribution in [1.29, 1.82) is 0 Å². The summed E-state index contributed by atoms with van der Waals surface area (Å²) in [7, 11) is 1.32. The molecule has 0 aromatic rings. The van der Waals surface area contributed by atoms with Crippen LogP contribution in [0.4, 0.5) is 4.79 Å². The molecule has 0 saturated carbocycles. The van der Waals surface area contributed by atoms with Crippen LogP contribution in [-0.2, 0) is 19.1 Å². The van der Waals surface area contributed by atoms with Crippen LogP contribution in [0.1, 0.15) is 46.5 Å². The molecule has 0 aliphatic carbocycles. The van der Waals surface area contributed by atoms with Gasteiger partial charge in [0.25, 0.3) is 0 Å². The second kappa shape index (κ2) is 7.84. The van der Waals surface area contributed by atoms with E-state index in [1.807, 2.05) is 0 Å². The first-order chi connectivity index (χ1) is 11.7. The number of rotatable bonds is 2. The van der Waals surface area contributed by atoms with E-state index in [0.29, 0.717) is 6.42 Å². The van der Waals surface area contributed by atoms with Crippen LogP contribution in [0, 0.1) is 0 Å². The first-order valence-corrected chi connectivity index (χ1v) is 8.60. The summed E-state index contributed by atoms with van der Waals surface area (Å²) in [6.45, 7) is 5.37. The Morgan fingerprint density at radius 2 is 2.00 bits per heavy atom. The first-order valence-electron chi connectivity index (χ1n) is 8.60. The van der Waals surface area contributed by atoms with Crippen LogP contribution in [0.15, 0.2) is 4.99 Å². The third-order valence-electron chi connectivity index (χ3n) is 4.27. The van der Waals surface area contributed by atoms with Gasteiger partial charge in [0.15, 0.2) is 0 Å². The molecular weight excluding hydrogens is 326 g/mol. The lowest BCUT2D eigenvalue weighted by atomic mass is 10.1. The number of nitrogens with one attached hydrogen (secondary N) is 1. The number of amides is 2. The molecule has 0 radical (unpaired) electrons. The number of fused-ring (bicyclic) bond motifs is 1. The van der Waals surface area contributed by atoms with E-state index in [0.717, 1.165) is 19.3 Å². The summed E-state index contributed by atoms with van der Waals surface area (Å²) in [5, 5.41) is 2.59. The van der Waals surface area contributed by atoms with Crippen LogP contribution in [0.3, 0.4) is 0 Å². The summed E-state index contributed by atoms with van der Waals surface area (Å²) in [4.78, 5) is 43.0. The topological polar surface area (TPSA) is 97.3 Å². The summed E-state index contributed by atoms with van der Waals surface area (Å²) in [6.07, 6.45) is 3.86. The van der Waals surface area contributed by atoms with E-state index in [2.05, 4.69) is 10.3 Å². The number of hydrogen-bond donors (Lipinski definition) is 1. The molecule has 0 bridgehead atoms. The number of carbonyl (C=O) groups excluding carboxylic acids is 3. The monoisotopic (exact) mass is 353 g/mol. The largest absolute Gasteiger partial charge is 0.467 e. The molecule has 0 aromatic carbocycles. The molecule has 2 aliphatic rings. The lowest BCUT2D eigenvalue weighted by Gasteiger charge is -2.32. The average Bonchev–Trinajstić information content (AvgIpc) is 2.95. The summed E-state index contributed by atoms with van der Waals surface area (Å²) in [6, 6.07) is -1.52. The Labute approximate surface area is 147 Å². The molecule has 0 aromatic heterocycles. The molecule has 2 amide bonds. The van der Waals surface area contributed by atoms with Gasteiger partial charge in [-0.15, -0.1) is 0 Å². The fraction of sp³-hybridized carbons (Fsp3) is 0.765. The number of esters is 1. The zero-order chi connectivity index (χ0) is 18.6. The van der Waals surface area contributed by atoms with Crippen LogP contribution < -0.4 is 5.32 Å². The predicted octanol–water partition coefficient (Wildman–Crippen LogP) is 1.28. The van der Waals surface area contributed by atoms with Gasteiger partial charge in [0.1, 0.15) is 17.7 Å². The van der Waals surface area contributed by atoms with Gasteiger partial charge in [0, 0.05) is 6.04 Å². The van der Waals surface area contributed by atoms with E-state index < -0.39 is 29.7 Å². The summed E-state index contributed by atoms with van der Waals surface area (Å²) in [5.74, 6) is -0.741. The second-order valence-electron chi connectivity index (χ2n) is 7.34. The fourth-order valence-electron chi connectivity index (χ4n) is 3.22. The molecule has 2 aliphatic heterocycles. The maximum absolute atomic E-state index is 13.0. The number of hydrogen-bond acceptors (Lipinski definition) is 6. The van der Waals surface area contributed by atoms with Crippen LogP contribution in [0.2, 0.25) is 0 Å². The molecule has 2 heterocycles. The lowest BCUT2D eigenvalue weighted by molar-refractivity contribution is -0.153. The Bertz CT molecular complexity index is 555. The van der Waals surface area contributed by atoms with Crippen molar-refractivity contribution in [2.24, 2.45) is 4.99 Å². The van der Waals surface area contributed by atoms with Gasteiger partial charge < -0.3 is 19.7 Å². The first kappa shape index (κ1) is 19.2. The third-order valence-corrected chi connectivity index (χ3v) is 4.27. The molecule has 8 heteroatoms. The van der Waals surface area contributed by atoms with E-state index in [9.17, 15) is 14.4 Å². The summed E-state index contributed by atoms with van der Waals surface area (Å²) < 4.78 is 10.1. The van der Waals surface area contributed by atoms with Gasteiger partial charge in [-0.25, -0.2) is 9.59 Å². The second-order valence-corrected chi connectivity index (χ2v) is 7.34. The minimum absolute atomic E-state index is 0.0518. The number of carbonyl (C=O) groups is 3. The fourth-order valence-corrected chi connectivity index (χ4v) is 3.22. The maximum Gasteiger partial charge on any atom is 0.408 e. The average molecular weight is 353 g/mol. The van der Waals surface area contributed by atoms with Gasteiger partial charge in [-0.2, -0.15) is 0 Å². The van der Waals surface area contributed by atoms with Crippen molar-refractivity contribution in [3.8, 4) is 0 Å². The number of alkyl carbamates (subject to hydrolysis) is 1. The van der Waals surface area contributed by atoms with E-state index in [1.165, 1.54) is 7.11 Å². The molecule has 0 spiro atoms. The molecule has 1 N–H and O–H groups in total. The van der Waals surface area contributed by atoms with Gasteiger partial charge in [-0.05, 0) is 52.7 Å². The van der Waals surface area contributed by atoms with Crippen molar-refractivity contribution in [3.63, 3.8) is 0 Å². The van der Waals surface area contributed by atoms with E-state index in [4.69, 9.17) is 9.47 Å². The van der Waals surface area contributed by atoms with Crippen LogP contribution in [0.5, 0.6) is 0 Å². The SMILES string of the molecule is COC(=O)C1CCC2CCC=NCC(NC(=O)OC(C)(C)C)C(=O)N21. The highest BCUT2D eigenvalue weighted by molar-refractivity contribution is 5.91. The molecule has 3 unspecified atom stereocenters. The molecule has 1 saturated heterocycles. The lowest BCUT2D eigenvalue weighted by Crippen LogP contribution is -2.55. The van der Waals surface area contributed by atoms with Crippen molar-refractivity contribution in [1.82, 2.24) is 10.2 Å². The van der Waals surface area contributed by atoms with Crippen LogP contribution >= 0.6 is 0 Å². The van der Waals surface area contributed by atoms with Gasteiger partial charge in [-0.1, -0.05) is 0 Å². The Morgan fingerprint density at radius 3 is 2.64 bits per heavy atom. The van der Waals surface area contributed by atoms with Crippen LogP contribution in [-0.4, -0.2) is 66.5 Å². The minimum atomic E-state index is -0.864. The highest BCUT2D eigenvalue weighted by Gasteiger charge is 2.44. The normalized spacial score (nSPS) is 27.0. The van der Waals surface area contributed by atoms with E-state index >= 15 is 0 Å². The maximum atomic E-state index is 13.0. The minimum Gasteiger partial charge on any atom is -0.467 e. The highest BCUT2D eigenvalue weighted by atomic mass is 16.6. The van der Waals surface area contributed by atoms with Gasteiger partial charge in [0.05, 0.1) is 13.7 Å². The zero-order valence-electron chi connectivity index (χ0n) is 15.3. The van der Waals surface area contributed by atoms with E-state index in [-0.39, 0.29) is 18.5 Å². The molecule has 25 heavy (non-hydrogen) atoms. The van der Waals surface area contributed by atoms with Crippen LogP contribution in [0.25, 0.3) is 0 Å². The van der Waals surface area contributed by atoms with Crippen molar-refractivity contribution in [2.45, 2.75) is 70.2 Å². The van der Waals surface area contributed by atoms with Gasteiger partial charge >= 0.3 is 12.1 Å². The summed E-state index contributed by atoms with van der Waals surface area (Å²) >= 11 is 0. The standard InChI is InChI=1S/C17H27N3O5/c1-17(2,3)25-16(23)19-12-10-18-9-5-6-11-7-8-13(15(22)24-4)20(11)14(12)21/h9,11-13H,5-8,10H2,1-4H3,(H,19,23). The van der Waals surface area contributed by atoms with E-state index in [1.54, 1.807) is 31.9 Å². The predicted molar refractivity (Wildman–Crippen MR) is 91.4 cm³/mol. The number of aliphatic imine (C=N–C) groups is 1.